The number of H-pyrrole nitrogens is 1. The third kappa shape index (κ3) is 2.06. The molecule has 0 radical (unpaired) electrons. The Morgan fingerprint density at radius 3 is 2.84 bits per heavy atom. The Bertz CT molecular complexity index is 722. The summed E-state index contributed by atoms with van der Waals surface area (Å²) in [6.45, 7) is 0.415. The lowest BCUT2D eigenvalue weighted by molar-refractivity contribution is 0.400. The average Bonchev–Trinajstić information content (AvgIpc) is 2.89. The Morgan fingerprint density at radius 2 is 1.95 bits per heavy atom. The van der Waals surface area contributed by atoms with Crippen molar-refractivity contribution >= 4 is 16.6 Å². The number of phenols is 2. The highest BCUT2D eigenvalue weighted by atomic mass is 16.3. The molecule has 3 aromatic rings. The lowest BCUT2D eigenvalue weighted by Gasteiger charge is -2.09. The number of nitrogens with one attached hydrogen (secondary N) is 2. The molecule has 0 bridgehead atoms. The number of aromatic hydroxyl groups is 2. The van der Waals surface area contributed by atoms with E-state index >= 15 is 0 Å². The summed E-state index contributed by atoms with van der Waals surface area (Å²) >= 11 is 0. The van der Waals surface area contributed by atoms with E-state index in [1.165, 1.54) is 6.07 Å². The first-order chi connectivity index (χ1) is 9.25. The van der Waals surface area contributed by atoms with Crippen LogP contribution >= 0.6 is 0 Å². The van der Waals surface area contributed by atoms with Crippen LogP contribution in [0.15, 0.2) is 42.6 Å². The van der Waals surface area contributed by atoms with Crippen LogP contribution in [0.5, 0.6) is 11.5 Å². The summed E-state index contributed by atoms with van der Waals surface area (Å²) in [5.74, 6) is -0.203. The maximum Gasteiger partial charge on any atom is 0.162 e. The molecule has 4 N–H and O–H groups in total. The predicted octanol–water partition coefficient (Wildman–Crippen LogP) is 2.59. The minimum absolute atomic E-state index is 0.0909. The van der Waals surface area contributed by atoms with E-state index in [-0.39, 0.29) is 11.5 Å². The van der Waals surface area contributed by atoms with E-state index < -0.39 is 0 Å². The number of rotatable bonds is 3. The number of benzene rings is 2. The van der Waals surface area contributed by atoms with Crippen LogP contribution in [0.3, 0.4) is 0 Å². The third-order valence-electron chi connectivity index (χ3n) is 3.04. The molecular weight excluding hydrogens is 242 g/mol. The lowest BCUT2D eigenvalue weighted by Crippen LogP contribution is -2.00. The van der Waals surface area contributed by atoms with Gasteiger partial charge >= 0.3 is 0 Å². The van der Waals surface area contributed by atoms with Crippen molar-refractivity contribution in [1.82, 2.24) is 10.2 Å². The average molecular weight is 255 g/mol. The molecule has 0 amide bonds. The van der Waals surface area contributed by atoms with Gasteiger partial charge in [0.2, 0.25) is 0 Å². The fourth-order valence-electron chi connectivity index (χ4n) is 2.03. The zero-order chi connectivity index (χ0) is 13.2. The van der Waals surface area contributed by atoms with Crippen LogP contribution in [0.25, 0.3) is 10.9 Å². The predicted molar refractivity (Wildman–Crippen MR) is 73.2 cm³/mol. The van der Waals surface area contributed by atoms with Crippen LogP contribution in [0.1, 0.15) is 5.56 Å². The highest BCUT2D eigenvalue weighted by Gasteiger charge is 2.07. The van der Waals surface area contributed by atoms with Crippen LogP contribution in [-0.4, -0.2) is 20.4 Å². The molecule has 96 valence electrons. The van der Waals surface area contributed by atoms with Crippen molar-refractivity contribution in [2.45, 2.75) is 6.54 Å². The normalized spacial score (nSPS) is 10.7. The van der Waals surface area contributed by atoms with E-state index in [2.05, 4.69) is 15.5 Å². The summed E-state index contributed by atoms with van der Waals surface area (Å²) in [6, 6.07) is 10.7. The van der Waals surface area contributed by atoms with Gasteiger partial charge in [-0.15, -0.1) is 0 Å². The Kier molecular flexibility index (Phi) is 2.72. The fourth-order valence-corrected chi connectivity index (χ4v) is 2.03. The van der Waals surface area contributed by atoms with Gasteiger partial charge in [0, 0.05) is 17.5 Å². The molecule has 2 aromatic carbocycles. The summed E-state index contributed by atoms with van der Waals surface area (Å²) in [7, 11) is 0. The number of fused-ring (bicyclic) bond motifs is 1. The number of nitrogens with zero attached hydrogens (tertiary/aromatic N) is 1. The molecule has 0 aliphatic rings. The second kappa shape index (κ2) is 4.53. The monoisotopic (exact) mass is 255 g/mol. The molecule has 0 aliphatic carbocycles. The van der Waals surface area contributed by atoms with Gasteiger partial charge in [0.15, 0.2) is 11.5 Å². The van der Waals surface area contributed by atoms with E-state index in [1.54, 1.807) is 18.3 Å². The van der Waals surface area contributed by atoms with Crippen LogP contribution in [0, 0.1) is 0 Å². The maximum atomic E-state index is 9.74. The van der Waals surface area contributed by atoms with Gasteiger partial charge in [-0.25, -0.2) is 0 Å². The van der Waals surface area contributed by atoms with Crippen molar-refractivity contribution in [2.24, 2.45) is 0 Å². The molecule has 0 fully saturated rings. The van der Waals surface area contributed by atoms with Gasteiger partial charge in [0.05, 0.1) is 17.4 Å². The molecule has 0 spiro atoms. The van der Waals surface area contributed by atoms with Gasteiger partial charge in [0.1, 0.15) is 0 Å². The summed E-state index contributed by atoms with van der Waals surface area (Å²) in [5, 5.41) is 30.3. The van der Waals surface area contributed by atoms with Gasteiger partial charge in [0.25, 0.3) is 0 Å². The maximum absolute atomic E-state index is 9.74. The molecule has 1 aromatic heterocycles. The highest BCUT2D eigenvalue weighted by molar-refractivity contribution is 5.89. The van der Waals surface area contributed by atoms with Crippen molar-refractivity contribution < 1.29 is 10.2 Å². The van der Waals surface area contributed by atoms with Crippen molar-refractivity contribution in [3.63, 3.8) is 0 Å². The molecule has 0 aliphatic heterocycles. The first-order valence-electron chi connectivity index (χ1n) is 5.91. The molecule has 1 heterocycles. The Labute approximate surface area is 109 Å². The number of phenolic OH excluding ortho intramolecular Hbond substituents is 2. The van der Waals surface area contributed by atoms with Gasteiger partial charge < -0.3 is 15.5 Å². The molecule has 0 saturated heterocycles. The molecule has 0 atom stereocenters. The summed E-state index contributed by atoms with van der Waals surface area (Å²) in [6.07, 6.45) is 1.76. The number of hydrogen-bond acceptors (Lipinski definition) is 4. The van der Waals surface area contributed by atoms with Crippen molar-refractivity contribution in [3.05, 3.63) is 48.2 Å². The first-order valence-corrected chi connectivity index (χ1v) is 5.91. The number of hydrogen-bond donors (Lipinski definition) is 4. The highest BCUT2D eigenvalue weighted by Crippen LogP contribution is 2.29. The molecule has 5 nitrogen and oxygen atoms in total. The SMILES string of the molecule is Oc1cccc(CNc2cccc3cn[nH]c23)c1O. The lowest BCUT2D eigenvalue weighted by atomic mass is 10.1. The third-order valence-corrected chi connectivity index (χ3v) is 3.04. The van der Waals surface area contributed by atoms with Crippen molar-refractivity contribution in [3.8, 4) is 11.5 Å². The quantitative estimate of drug-likeness (QED) is 0.542. The van der Waals surface area contributed by atoms with Crippen molar-refractivity contribution in [2.75, 3.05) is 5.32 Å². The number of aromatic nitrogens is 2. The Morgan fingerprint density at radius 1 is 1.11 bits per heavy atom. The van der Waals surface area contributed by atoms with Crippen LogP contribution < -0.4 is 5.32 Å². The summed E-state index contributed by atoms with van der Waals surface area (Å²) in [4.78, 5) is 0. The van der Waals surface area contributed by atoms with Gasteiger partial charge in [-0.1, -0.05) is 24.3 Å². The van der Waals surface area contributed by atoms with Gasteiger partial charge in [-0.3, -0.25) is 5.10 Å². The van der Waals surface area contributed by atoms with Gasteiger partial charge in [-0.2, -0.15) is 5.10 Å². The van der Waals surface area contributed by atoms with Gasteiger partial charge in [-0.05, 0) is 12.1 Å². The topological polar surface area (TPSA) is 81.2 Å². The minimum Gasteiger partial charge on any atom is -0.504 e. The van der Waals surface area contributed by atoms with E-state index in [9.17, 15) is 10.2 Å². The summed E-state index contributed by atoms with van der Waals surface area (Å²) in [5.41, 5.74) is 2.46. The second-order valence-electron chi connectivity index (χ2n) is 4.28. The summed E-state index contributed by atoms with van der Waals surface area (Å²) < 4.78 is 0. The standard InChI is InChI=1S/C14H13N3O2/c18-12-6-2-4-10(14(12)19)7-15-11-5-1-3-9-8-16-17-13(9)11/h1-6,8,15,18-19H,7H2,(H,16,17). The molecule has 0 saturated carbocycles. The van der Waals surface area contributed by atoms with E-state index in [4.69, 9.17) is 0 Å². The minimum atomic E-state index is -0.112. The first kappa shape index (κ1) is 11.4. The van der Waals surface area contributed by atoms with E-state index in [0.29, 0.717) is 12.1 Å². The Balaban J connectivity index is 1.86. The smallest absolute Gasteiger partial charge is 0.162 e. The largest absolute Gasteiger partial charge is 0.504 e. The number of aromatic amines is 1. The molecule has 3 rings (SSSR count). The molecule has 19 heavy (non-hydrogen) atoms. The van der Waals surface area contributed by atoms with E-state index in [0.717, 1.165) is 16.6 Å². The zero-order valence-corrected chi connectivity index (χ0v) is 10.1. The van der Waals surface area contributed by atoms with Crippen LogP contribution in [0.4, 0.5) is 5.69 Å². The van der Waals surface area contributed by atoms with E-state index in [1.807, 2.05) is 18.2 Å². The van der Waals surface area contributed by atoms with Crippen molar-refractivity contribution in [1.29, 1.82) is 0 Å². The molecule has 5 heteroatoms. The zero-order valence-electron chi connectivity index (χ0n) is 10.1. The number of para-hydroxylation sites is 2. The van der Waals surface area contributed by atoms with Crippen LogP contribution in [0.2, 0.25) is 0 Å². The second-order valence-corrected chi connectivity index (χ2v) is 4.28. The molecule has 0 unspecified atom stereocenters. The number of anilines is 1. The van der Waals surface area contributed by atoms with Crippen LogP contribution in [-0.2, 0) is 6.54 Å². The Hall–Kier alpha value is -2.69. The molecular formula is C14H13N3O2. The fraction of sp³-hybridized carbons (Fsp3) is 0.0714.